The standard InChI is InChI=1S/C12H24N2/c1-10-5-6-11(2)14(8-10)9-12-4-3-7-13-12/h10-13H,3-9H2,1-2H3. The van der Waals surface area contributed by atoms with E-state index in [1.165, 1.54) is 45.3 Å². The minimum absolute atomic E-state index is 0.780. The Morgan fingerprint density at radius 3 is 2.79 bits per heavy atom. The van der Waals surface area contributed by atoms with Gasteiger partial charge in [-0.05, 0) is 45.1 Å². The van der Waals surface area contributed by atoms with Crippen LogP contribution in [0.25, 0.3) is 0 Å². The molecule has 0 aromatic heterocycles. The molecule has 2 nitrogen and oxygen atoms in total. The van der Waals surface area contributed by atoms with Crippen molar-refractivity contribution < 1.29 is 0 Å². The zero-order valence-electron chi connectivity index (χ0n) is 9.63. The summed E-state index contributed by atoms with van der Waals surface area (Å²) in [7, 11) is 0. The second kappa shape index (κ2) is 4.63. The summed E-state index contributed by atoms with van der Waals surface area (Å²) < 4.78 is 0. The first-order chi connectivity index (χ1) is 6.75. The van der Waals surface area contributed by atoms with Crippen molar-refractivity contribution in [2.24, 2.45) is 5.92 Å². The first kappa shape index (κ1) is 10.4. The van der Waals surface area contributed by atoms with E-state index in [0.29, 0.717) is 0 Å². The Balaban J connectivity index is 1.82. The number of nitrogens with zero attached hydrogens (tertiary/aromatic N) is 1. The van der Waals surface area contributed by atoms with Gasteiger partial charge >= 0.3 is 0 Å². The van der Waals surface area contributed by atoms with Gasteiger partial charge in [0.05, 0.1) is 0 Å². The third-order valence-corrected chi connectivity index (χ3v) is 3.86. The lowest BCUT2D eigenvalue weighted by molar-refractivity contribution is 0.115. The van der Waals surface area contributed by atoms with E-state index in [1.807, 2.05) is 0 Å². The van der Waals surface area contributed by atoms with Crippen molar-refractivity contribution >= 4 is 0 Å². The molecule has 2 fully saturated rings. The highest BCUT2D eigenvalue weighted by molar-refractivity contribution is 4.83. The van der Waals surface area contributed by atoms with Crippen LogP contribution in [0, 0.1) is 5.92 Å². The van der Waals surface area contributed by atoms with Crippen LogP contribution in [0.3, 0.4) is 0 Å². The number of piperidine rings is 1. The van der Waals surface area contributed by atoms with Crippen molar-refractivity contribution in [3.8, 4) is 0 Å². The Hall–Kier alpha value is -0.0800. The number of rotatable bonds is 2. The van der Waals surface area contributed by atoms with Gasteiger partial charge in [-0.2, -0.15) is 0 Å². The van der Waals surface area contributed by atoms with Crippen molar-refractivity contribution in [2.75, 3.05) is 19.6 Å². The zero-order chi connectivity index (χ0) is 9.97. The molecule has 0 saturated carbocycles. The molecule has 2 rings (SSSR count). The van der Waals surface area contributed by atoms with Gasteiger partial charge in [0.2, 0.25) is 0 Å². The predicted octanol–water partition coefficient (Wildman–Crippen LogP) is 1.86. The summed E-state index contributed by atoms with van der Waals surface area (Å²) in [5.74, 6) is 0.910. The third kappa shape index (κ3) is 2.48. The molecule has 2 heteroatoms. The van der Waals surface area contributed by atoms with Gasteiger partial charge in [0, 0.05) is 25.2 Å². The van der Waals surface area contributed by atoms with Crippen molar-refractivity contribution in [1.29, 1.82) is 0 Å². The summed E-state index contributed by atoms with van der Waals surface area (Å²) in [6, 6.07) is 1.59. The summed E-state index contributed by atoms with van der Waals surface area (Å²) in [6.07, 6.45) is 5.59. The van der Waals surface area contributed by atoms with Gasteiger partial charge in [0.25, 0.3) is 0 Å². The maximum atomic E-state index is 3.60. The van der Waals surface area contributed by atoms with Gasteiger partial charge in [0.15, 0.2) is 0 Å². The molecule has 0 amide bonds. The number of hydrogen-bond donors (Lipinski definition) is 1. The molecule has 0 bridgehead atoms. The van der Waals surface area contributed by atoms with Gasteiger partial charge < -0.3 is 5.32 Å². The number of likely N-dealkylation sites (tertiary alicyclic amines) is 1. The molecule has 0 spiro atoms. The van der Waals surface area contributed by atoms with Gasteiger partial charge in [-0.3, -0.25) is 4.90 Å². The molecule has 82 valence electrons. The molecule has 2 heterocycles. The summed E-state index contributed by atoms with van der Waals surface area (Å²) >= 11 is 0. The van der Waals surface area contributed by atoms with E-state index in [9.17, 15) is 0 Å². The van der Waals surface area contributed by atoms with Crippen molar-refractivity contribution in [2.45, 2.75) is 51.6 Å². The van der Waals surface area contributed by atoms with E-state index >= 15 is 0 Å². The molecular weight excluding hydrogens is 172 g/mol. The summed E-state index contributed by atoms with van der Waals surface area (Å²) in [4.78, 5) is 2.69. The Labute approximate surface area is 88.1 Å². The first-order valence-electron chi connectivity index (χ1n) is 6.23. The average Bonchev–Trinajstić information content (AvgIpc) is 2.64. The molecule has 0 aliphatic carbocycles. The summed E-state index contributed by atoms with van der Waals surface area (Å²) in [6.45, 7) is 8.62. The van der Waals surface area contributed by atoms with Crippen LogP contribution in [0.2, 0.25) is 0 Å². The maximum absolute atomic E-state index is 3.60. The van der Waals surface area contributed by atoms with E-state index in [-0.39, 0.29) is 0 Å². The topological polar surface area (TPSA) is 15.3 Å². The van der Waals surface area contributed by atoms with Crippen molar-refractivity contribution in [3.63, 3.8) is 0 Å². The zero-order valence-corrected chi connectivity index (χ0v) is 9.63. The van der Waals surface area contributed by atoms with Crippen LogP contribution < -0.4 is 5.32 Å². The van der Waals surface area contributed by atoms with E-state index in [2.05, 4.69) is 24.1 Å². The molecule has 14 heavy (non-hydrogen) atoms. The van der Waals surface area contributed by atoms with E-state index in [1.54, 1.807) is 0 Å². The van der Waals surface area contributed by atoms with E-state index < -0.39 is 0 Å². The second-order valence-electron chi connectivity index (χ2n) is 5.28. The number of hydrogen-bond acceptors (Lipinski definition) is 2. The normalized spacial score (nSPS) is 40.3. The smallest absolute Gasteiger partial charge is 0.0195 e. The molecule has 3 atom stereocenters. The monoisotopic (exact) mass is 196 g/mol. The van der Waals surface area contributed by atoms with Crippen LogP contribution in [0.1, 0.15) is 39.5 Å². The summed E-state index contributed by atoms with van der Waals surface area (Å²) in [5, 5.41) is 3.60. The van der Waals surface area contributed by atoms with Crippen molar-refractivity contribution in [3.05, 3.63) is 0 Å². The molecule has 0 radical (unpaired) electrons. The molecule has 1 N–H and O–H groups in total. The highest BCUT2D eigenvalue weighted by Gasteiger charge is 2.26. The van der Waals surface area contributed by atoms with Crippen LogP contribution in [-0.4, -0.2) is 36.6 Å². The predicted molar refractivity (Wildman–Crippen MR) is 60.5 cm³/mol. The number of nitrogens with one attached hydrogen (secondary N) is 1. The van der Waals surface area contributed by atoms with Gasteiger partial charge in [-0.1, -0.05) is 6.92 Å². The minimum Gasteiger partial charge on any atom is -0.313 e. The van der Waals surface area contributed by atoms with Crippen molar-refractivity contribution in [1.82, 2.24) is 10.2 Å². The highest BCUT2D eigenvalue weighted by Crippen LogP contribution is 2.22. The lowest BCUT2D eigenvalue weighted by atomic mass is 9.94. The van der Waals surface area contributed by atoms with Crippen LogP contribution in [0.4, 0.5) is 0 Å². The molecular formula is C12H24N2. The quantitative estimate of drug-likeness (QED) is 0.725. The Morgan fingerprint density at radius 2 is 2.07 bits per heavy atom. The lowest BCUT2D eigenvalue weighted by Crippen LogP contribution is -2.46. The average molecular weight is 196 g/mol. The third-order valence-electron chi connectivity index (χ3n) is 3.86. The first-order valence-corrected chi connectivity index (χ1v) is 6.23. The lowest BCUT2D eigenvalue weighted by Gasteiger charge is -2.38. The summed E-state index contributed by atoms with van der Waals surface area (Å²) in [5.41, 5.74) is 0. The van der Waals surface area contributed by atoms with Gasteiger partial charge in [-0.25, -0.2) is 0 Å². The molecule has 0 aromatic rings. The highest BCUT2D eigenvalue weighted by atomic mass is 15.2. The maximum Gasteiger partial charge on any atom is 0.0195 e. The fourth-order valence-electron chi connectivity index (χ4n) is 2.83. The Bertz CT molecular complexity index is 175. The van der Waals surface area contributed by atoms with E-state index in [4.69, 9.17) is 0 Å². The molecule has 0 aromatic carbocycles. The molecule has 2 aliphatic rings. The second-order valence-corrected chi connectivity index (χ2v) is 5.28. The largest absolute Gasteiger partial charge is 0.313 e. The molecule has 3 unspecified atom stereocenters. The SMILES string of the molecule is CC1CCC(C)N(CC2CCCN2)C1. The minimum atomic E-state index is 0.780. The van der Waals surface area contributed by atoms with Crippen LogP contribution in [0.15, 0.2) is 0 Å². The van der Waals surface area contributed by atoms with Crippen LogP contribution in [-0.2, 0) is 0 Å². The van der Waals surface area contributed by atoms with Gasteiger partial charge in [0.1, 0.15) is 0 Å². The van der Waals surface area contributed by atoms with Crippen LogP contribution in [0.5, 0.6) is 0 Å². The van der Waals surface area contributed by atoms with E-state index in [0.717, 1.165) is 18.0 Å². The Kier molecular flexibility index (Phi) is 3.45. The molecule has 2 aliphatic heterocycles. The fraction of sp³-hybridized carbons (Fsp3) is 1.00. The Morgan fingerprint density at radius 1 is 1.21 bits per heavy atom. The fourth-order valence-corrected chi connectivity index (χ4v) is 2.83. The van der Waals surface area contributed by atoms with Crippen LogP contribution >= 0.6 is 0 Å². The van der Waals surface area contributed by atoms with Gasteiger partial charge in [-0.15, -0.1) is 0 Å². The molecule has 2 saturated heterocycles.